The summed E-state index contributed by atoms with van der Waals surface area (Å²) in [6.45, 7) is 9.89. The Morgan fingerprint density at radius 1 is 1.16 bits per heavy atom. The van der Waals surface area contributed by atoms with Gasteiger partial charge in [-0.2, -0.15) is 5.10 Å². The van der Waals surface area contributed by atoms with Crippen molar-refractivity contribution in [3.63, 3.8) is 0 Å². The molecular weight excluding hydrogens is 418 g/mol. The summed E-state index contributed by atoms with van der Waals surface area (Å²) < 4.78 is 3.13. The van der Waals surface area contributed by atoms with E-state index in [1.54, 1.807) is 17.5 Å². The average molecular weight is 448 g/mol. The van der Waals surface area contributed by atoms with Gasteiger partial charge in [0.25, 0.3) is 5.91 Å². The van der Waals surface area contributed by atoms with Crippen molar-refractivity contribution in [3.05, 3.63) is 52.8 Å². The summed E-state index contributed by atoms with van der Waals surface area (Å²) in [6, 6.07) is 10.4. The molecule has 0 saturated carbocycles. The number of piperidine rings is 1. The van der Waals surface area contributed by atoms with Gasteiger partial charge in [0.1, 0.15) is 0 Å². The van der Waals surface area contributed by atoms with Gasteiger partial charge in [-0.15, -0.1) is 11.3 Å². The monoisotopic (exact) mass is 447 g/mol. The molecule has 0 aliphatic carbocycles. The molecule has 7 heteroatoms. The summed E-state index contributed by atoms with van der Waals surface area (Å²) in [5.41, 5.74) is 3.50. The van der Waals surface area contributed by atoms with E-state index in [4.69, 9.17) is 9.97 Å². The van der Waals surface area contributed by atoms with E-state index in [1.165, 1.54) is 4.70 Å². The van der Waals surface area contributed by atoms with Gasteiger partial charge in [-0.05, 0) is 50.8 Å². The van der Waals surface area contributed by atoms with Gasteiger partial charge in [0, 0.05) is 30.7 Å². The predicted octanol–water partition coefficient (Wildman–Crippen LogP) is 5.77. The molecule has 1 amide bonds. The van der Waals surface area contributed by atoms with E-state index in [0.717, 1.165) is 52.2 Å². The summed E-state index contributed by atoms with van der Waals surface area (Å²) in [7, 11) is 0. The van der Waals surface area contributed by atoms with Crippen molar-refractivity contribution in [3.8, 4) is 0 Å². The van der Waals surface area contributed by atoms with Crippen molar-refractivity contribution in [2.24, 2.45) is 0 Å². The summed E-state index contributed by atoms with van der Waals surface area (Å²) in [5.74, 6) is 0.595. The molecule has 4 heterocycles. The van der Waals surface area contributed by atoms with Crippen molar-refractivity contribution in [1.29, 1.82) is 0 Å². The molecule has 0 radical (unpaired) electrons. The first kappa shape index (κ1) is 21.1. The van der Waals surface area contributed by atoms with Crippen LogP contribution in [0.25, 0.3) is 21.3 Å². The first-order chi connectivity index (χ1) is 15.4. The highest BCUT2D eigenvalue weighted by Gasteiger charge is 2.29. The van der Waals surface area contributed by atoms with Crippen LogP contribution in [0.5, 0.6) is 0 Å². The van der Waals surface area contributed by atoms with Gasteiger partial charge >= 0.3 is 0 Å². The summed E-state index contributed by atoms with van der Waals surface area (Å²) in [4.78, 5) is 25.5. The Labute approximate surface area is 192 Å². The third-order valence-electron chi connectivity index (χ3n) is 6.27. The molecule has 0 unspecified atom stereocenters. The van der Waals surface area contributed by atoms with Crippen LogP contribution in [0.4, 0.5) is 0 Å². The number of carbonyl (C=O) groups excluding carboxylic acids is 1. The van der Waals surface area contributed by atoms with Crippen molar-refractivity contribution in [2.45, 2.75) is 58.4 Å². The summed E-state index contributed by atoms with van der Waals surface area (Å²) in [5, 5.41) is 6.53. The van der Waals surface area contributed by atoms with Crippen LogP contribution in [0.1, 0.15) is 79.5 Å². The van der Waals surface area contributed by atoms with E-state index in [2.05, 4.69) is 51.0 Å². The van der Waals surface area contributed by atoms with Crippen molar-refractivity contribution < 1.29 is 4.79 Å². The van der Waals surface area contributed by atoms with Crippen LogP contribution in [-0.2, 0) is 0 Å². The first-order valence-corrected chi connectivity index (χ1v) is 12.3. The normalized spacial score (nSPS) is 17.2. The number of carbonyl (C=O) groups is 1. The number of likely N-dealkylation sites (tertiary alicyclic amines) is 1. The first-order valence-electron chi connectivity index (χ1n) is 11.4. The van der Waals surface area contributed by atoms with Gasteiger partial charge in [-0.25, -0.2) is 14.6 Å². The molecule has 1 saturated heterocycles. The third-order valence-corrected chi connectivity index (χ3v) is 7.46. The number of hydrogen-bond donors (Lipinski definition) is 0. The number of benzene rings is 1. The van der Waals surface area contributed by atoms with Crippen LogP contribution in [0, 0.1) is 0 Å². The molecular formula is C25H29N5OS. The number of aromatic nitrogens is 4. The van der Waals surface area contributed by atoms with E-state index in [0.29, 0.717) is 6.54 Å². The lowest BCUT2D eigenvalue weighted by molar-refractivity contribution is 0.0709. The van der Waals surface area contributed by atoms with Crippen molar-refractivity contribution in [2.75, 3.05) is 13.1 Å². The van der Waals surface area contributed by atoms with Crippen LogP contribution in [0.2, 0.25) is 0 Å². The average Bonchev–Trinajstić information content (AvgIpc) is 3.42. The lowest BCUT2D eigenvalue weighted by atomic mass is 9.97. The fourth-order valence-corrected chi connectivity index (χ4v) is 5.58. The van der Waals surface area contributed by atoms with Crippen LogP contribution in [0.3, 0.4) is 0 Å². The van der Waals surface area contributed by atoms with E-state index >= 15 is 0 Å². The molecule has 166 valence electrons. The number of para-hydroxylation sites is 1. The molecule has 1 aliphatic heterocycles. The van der Waals surface area contributed by atoms with Gasteiger partial charge in [0.2, 0.25) is 0 Å². The molecule has 0 spiro atoms. The molecule has 0 bridgehead atoms. The number of hydrogen-bond acceptors (Lipinski definition) is 5. The smallest absolute Gasteiger partial charge is 0.254 e. The fraction of sp³-hybridized carbons (Fsp3) is 0.440. The van der Waals surface area contributed by atoms with Crippen LogP contribution >= 0.6 is 11.3 Å². The number of fused-ring (bicyclic) bond motifs is 2. The Kier molecular flexibility index (Phi) is 5.45. The van der Waals surface area contributed by atoms with Crippen LogP contribution < -0.4 is 0 Å². The largest absolute Gasteiger partial charge is 0.338 e. The minimum Gasteiger partial charge on any atom is -0.338 e. The van der Waals surface area contributed by atoms with Gasteiger partial charge in [0.05, 0.1) is 32.4 Å². The standard InChI is InChI=1S/C25H29N5OS/c1-15(2)21-12-18(19-13-26-30(16(3)4)23(19)27-21)25(31)29-11-7-8-17(14-29)24-28-20-9-5-6-10-22(20)32-24/h5-6,9-10,12-13,15-17H,7-8,11,14H2,1-4H3/t17-/m1/s1. The molecule has 1 atom stereocenters. The maximum absolute atomic E-state index is 13.8. The molecule has 1 aliphatic rings. The molecule has 1 aromatic carbocycles. The number of rotatable bonds is 4. The summed E-state index contributed by atoms with van der Waals surface area (Å²) >= 11 is 1.76. The van der Waals surface area contributed by atoms with E-state index < -0.39 is 0 Å². The zero-order valence-electron chi connectivity index (χ0n) is 19.1. The molecule has 3 aromatic heterocycles. The van der Waals surface area contributed by atoms with Gasteiger partial charge in [-0.1, -0.05) is 26.0 Å². The van der Waals surface area contributed by atoms with Crippen molar-refractivity contribution >= 4 is 38.5 Å². The highest BCUT2D eigenvalue weighted by atomic mass is 32.1. The Hall–Kier alpha value is -2.80. The number of amides is 1. The zero-order valence-corrected chi connectivity index (χ0v) is 19.9. The van der Waals surface area contributed by atoms with Gasteiger partial charge < -0.3 is 4.90 Å². The fourth-order valence-electron chi connectivity index (χ4n) is 4.49. The number of nitrogens with zero attached hydrogens (tertiary/aromatic N) is 5. The van der Waals surface area contributed by atoms with E-state index in [1.807, 2.05) is 21.7 Å². The maximum atomic E-state index is 13.8. The lowest BCUT2D eigenvalue weighted by Gasteiger charge is -2.32. The molecule has 4 aromatic rings. The van der Waals surface area contributed by atoms with Crippen LogP contribution in [0.15, 0.2) is 36.5 Å². The third kappa shape index (κ3) is 3.68. The second-order valence-corrected chi connectivity index (χ2v) is 10.3. The predicted molar refractivity (Wildman–Crippen MR) is 130 cm³/mol. The zero-order chi connectivity index (χ0) is 22.4. The molecule has 0 N–H and O–H groups in total. The second-order valence-electron chi connectivity index (χ2n) is 9.28. The lowest BCUT2D eigenvalue weighted by Crippen LogP contribution is -2.39. The topological polar surface area (TPSA) is 63.9 Å². The highest BCUT2D eigenvalue weighted by molar-refractivity contribution is 7.18. The minimum absolute atomic E-state index is 0.0772. The van der Waals surface area contributed by atoms with Crippen LogP contribution in [-0.4, -0.2) is 43.6 Å². The Balaban J connectivity index is 1.49. The quantitative estimate of drug-likeness (QED) is 0.399. The van der Waals surface area contributed by atoms with E-state index in [9.17, 15) is 4.79 Å². The molecule has 6 nitrogen and oxygen atoms in total. The van der Waals surface area contributed by atoms with Gasteiger partial charge in [0.15, 0.2) is 5.65 Å². The minimum atomic E-state index is 0.0772. The maximum Gasteiger partial charge on any atom is 0.254 e. The molecule has 32 heavy (non-hydrogen) atoms. The van der Waals surface area contributed by atoms with Gasteiger partial charge in [-0.3, -0.25) is 4.79 Å². The van der Waals surface area contributed by atoms with E-state index in [-0.39, 0.29) is 23.8 Å². The Morgan fingerprint density at radius 3 is 2.72 bits per heavy atom. The second kappa shape index (κ2) is 8.28. The summed E-state index contributed by atoms with van der Waals surface area (Å²) in [6.07, 6.45) is 3.86. The Morgan fingerprint density at radius 2 is 1.97 bits per heavy atom. The molecule has 1 fully saturated rings. The SMILES string of the molecule is CC(C)c1cc(C(=O)N2CCC[C@@H](c3nc4ccccc4s3)C2)c2cnn(C(C)C)c2n1. The van der Waals surface area contributed by atoms with Crippen molar-refractivity contribution in [1.82, 2.24) is 24.6 Å². The highest BCUT2D eigenvalue weighted by Crippen LogP contribution is 2.34. The number of pyridine rings is 1. The molecule has 5 rings (SSSR count). The number of thiazole rings is 1. The Bertz CT molecular complexity index is 1260.